The summed E-state index contributed by atoms with van der Waals surface area (Å²) in [6, 6.07) is 0. The van der Waals surface area contributed by atoms with Crippen LogP contribution in [-0.2, 0) is 9.59 Å². The predicted molar refractivity (Wildman–Crippen MR) is 36.6 cm³/mol. The lowest BCUT2D eigenvalue weighted by Gasteiger charge is -2.03. The molecular formula is C7H12O3. The van der Waals surface area contributed by atoms with E-state index >= 15 is 0 Å². The molecule has 0 saturated heterocycles. The molecule has 0 aliphatic rings. The fourth-order valence-electron chi connectivity index (χ4n) is 0.728. The largest absolute Gasteiger partial charge is 0.396 e. The van der Waals surface area contributed by atoms with Crippen LogP contribution in [0.3, 0.4) is 0 Å². The van der Waals surface area contributed by atoms with E-state index in [0.29, 0.717) is 19.3 Å². The average Bonchev–Trinajstić information content (AvgIpc) is 1.98. The Morgan fingerprint density at radius 2 is 2.00 bits per heavy atom. The molecule has 0 amide bonds. The molecule has 0 radical (unpaired) electrons. The molecule has 0 heterocycles. The van der Waals surface area contributed by atoms with Crippen LogP contribution in [0.5, 0.6) is 0 Å². The van der Waals surface area contributed by atoms with Crippen molar-refractivity contribution in [3.63, 3.8) is 0 Å². The third kappa shape index (κ3) is 4.21. The van der Waals surface area contributed by atoms with Gasteiger partial charge in [0.25, 0.3) is 0 Å². The topological polar surface area (TPSA) is 54.4 Å². The van der Waals surface area contributed by atoms with Crippen molar-refractivity contribution in [3.05, 3.63) is 0 Å². The van der Waals surface area contributed by atoms with Gasteiger partial charge in [-0.05, 0) is 12.8 Å². The van der Waals surface area contributed by atoms with E-state index in [-0.39, 0.29) is 12.5 Å². The first-order chi connectivity index (χ1) is 4.85. The maximum absolute atomic E-state index is 10.2. The molecule has 0 rings (SSSR count). The number of aliphatic hydroxyl groups is 1. The zero-order chi connectivity index (χ0) is 7.82. The van der Waals surface area contributed by atoms with Gasteiger partial charge in [0.05, 0.1) is 0 Å². The monoisotopic (exact) mass is 144 g/mol. The average molecular weight is 144 g/mol. The van der Waals surface area contributed by atoms with Crippen LogP contribution in [0.25, 0.3) is 0 Å². The molecular weight excluding hydrogens is 132 g/mol. The summed E-state index contributed by atoms with van der Waals surface area (Å²) in [4.78, 5) is 20.0. The fraction of sp³-hybridized carbons (Fsp3) is 0.714. The van der Waals surface area contributed by atoms with Gasteiger partial charge in [-0.3, -0.25) is 0 Å². The Morgan fingerprint density at radius 3 is 2.40 bits per heavy atom. The normalized spacial score (nSPS) is 12.5. The van der Waals surface area contributed by atoms with E-state index in [1.165, 1.54) is 0 Å². The predicted octanol–water partition coefficient (Wildman–Crippen LogP) is 0.163. The minimum Gasteiger partial charge on any atom is -0.396 e. The summed E-state index contributed by atoms with van der Waals surface area (Å²) < 4.78 is 0. The number of carbonyl (C=O) groups is 2. The lowest BCUT2D eigenvalue weighted by molar-refractivity contribution is -0.112. The van der Waals surface area contributed by atoms with Crippen molar-refractivity contribution < 1.29 is 14.7 Å². The van der Waals surface area contributed by atoms with E-state index < -0.39 is 0 Å². The van der Waals surface area contributed by atoms with Gasteiger partial charge in [0.2, 0.25) is 0 Å². The van der Waals surface area contributed by atoms with Crippen molar-refractivity contribution >= 4 is 12.6 Å². The van der Waals surface area contributed by atoms with Crippen molar-refractivity contribution in [2.75, 3.05) is 6.61 Å². The van der Waals surface area contributed by atoms with Gasteiger partial charge < -0.3 is 14.7 Å². The smallest absolute Gasteiger partial charge is 0.123 e. The zero-order valence-corrected chi connectivity index (χ0v) is 5.82. The Morgan fingerprint density at radius 1 is 1.30 bits per heavy atom. The molecule has 0 aromatic rings. The van der Waals surface area contributed by atoms with Crippen LogP contribution in [0.4, 0.5) is 0 Å². The van der Waals surface area contributed by atoms with Gasteiger partial charge in [-0.1, -0.05) is 0 Å². The van der Waals surface area contributed by atoms with Crippen LogP contribution in [-0.4, -0.2) is 24.3 Å². The Hall–Kier alpha value is -0.700. The summed E-state index contributed by atoms with van der Waals surface area (Å²) in [6.07, 6.45) is 3.02. The highest BCUT2D eigenvalue weighted by molar-refractivity contribution is 5.55. The van der Waals surface area contributed by atoms with E-state index in [1.54, 1.807) is 0 Å². The van der Waals surface area contributed by atoms with Crippen LogP contribution < -0.4 is 0 Å². The van der Waals surface area contributed by atoms with Crippen molar-refractivity contribution in [2.24, 2.45) is 5.92 Å². The second-order valence-corrected chi connectivity index (χ2v) is 2.15. The van der Waals surface area contributed by atoms with Crippen LogP contribution >= 0.6 is 0 Å². The first kappa shape index (κ1) is 9.30. The Balaban J connectivity index is 3.38. The lowest BCUT2D eigenvalue weighted by atomic mass is 10.0. The summed E-state index contributed by atoms with van der Waals surface area (Å²) in [5, 5.41) is 8.42. The Bertz CT molecular complexity index is 101. The SMILES string of the molecule is O=CCCC(C=O)CCO. The molecule has 58 valence electrons. The summed E-state index contributed by atoms with van der Waals surface area (Å²) in [5.41, 5.74) is 0. The molecule has 1 N–H and O–H groups in total. The molecule has 1 atom stereocenters. The number of carbonyl (C=O) groups excluding carboxylic acids is 2. The molecule has 3 nitrogen and oxygen atoms in total. The van der Waals surface area contributed by atoms with Crippen LogP contribution in [0.15, 0.2) is 0 Å². The highest BCUT2D eigenvalue weighted by atomic mass is 16.3. The number of hydrogen-bond acceptors (Lipinski definition) is 3. The quantitative estimate of drug-likeness (QED) is 0.540. The van der Waals surface area contributed by atoms with Crippen LogP contribution in [0, 0.1) is 5.92 Å². The van der Waals surface area contributed by atoms with Gasteiger partial charge in [-0.25, -0.2) is 0 Å². The van der Waals surface area contributed by atoms with Crippen molar-refractivity contribution in [1.82, 2.24) is 0 Å². The summed E-state index contributed by atoms with van der Waals surface area (Å²) >= 11 is 0. The van der Waals surface area contributed by atoms with E-state index in [2.05, 4.69) is 0 Å². The number of rotatable bonds is 6. The number of hydrogen-bond donors (Lipinski definition) is 1. The van der Waals surface area contributed by atoms with Gasteiger partial charge >= 0.3 is 0 Å². The molecule has 3 heteroatoms. The van der Waals surface area contributed by atoms with Crippen LogP contribution in [0.1, 0.15) is 19.3 Å². The molecule has 0 fully saturated rings. The first-order valence-corrected chi connectivity index (χ1v) is 3.35. The van der Waals surface area contributed by atoms with Crippen molar-refractivity contribution in [1.29, 1.82) is 0 Å². The molecule has 0 bridgehead atoms. The van der Waals surface area contributed by atoms with E-state index in [9.17, 15) is 9.59 Å². The standard InChI is InChI=1S/C7H12O3/c8-4-1-2-7(6-10)3-5-9/h4,6-7,9H,1-3,5H2. The van der Waals surface area contributed by atoms with Gasteiger partial charge in [0.1, 0.15) is 12.6 Å². The molecule has 1 unspecified atom stereocenters. The molecule has 0 spiro atoms. The van der Waals surface area contributed by atoms with Crippen molar-refractivity contribution in [3.8, 4) is 0 Å². The highest BCUT2D eigenvalue weighted by Gasteiger charge is 2.04. The number of aldehydes is 2. The summed E-state index contributed by atoms with van der Waals surface area (Å²) in [7, 11) is 0. The minimum atomic E-state index is -0.143. The molecule has 0 aliphatic carbocycles. The third-order valence-electron chi connectivity index (χ3n) is 1.35. The van der Waals surface area contributed by atoms with Gasteiger partial charge in [-0.2, -0.15) is 0 Å². The van der Waals surface area contributed by atoms with Gasteiger partial charge in [0.15, 0.2) is 0 Å². The molecule has 0 aromatic heterocycles. The molecule has 0 aromatic carbocycles. The van der Waals surface area contributed by atoms with E-state index in [1.807, 2.05) is 0 Å². The molecule has 0 saturated carbocycles. The van der Waals surface area contributed by atoms with E-state index in [4.69, 9.17) is 5.11 Å². The Labute approximate surface area is 60.0 Å². The Kier molecular flexibility index (Phi) is 5.97. The van der Waals surface area contributed by atoms with Gasteiger partial charge in [-0.15, -0.1) is 0 Å². The molecule has 10 heavy (non-hydrogen) atoms. The number of aliphatic hydroxyl groups excluding tert-OH is 1. The molecule has 0 aliphatic heterocycles. The maximum Gasteiger partial charge on any atom is 0.123 e. The summed E-state index contributed by atoms with van der Waals surface area (Å²) in [5.74, 6) is -0.143. The maximum atomic E-state index is 10.2. The zero-order valence-electron chi connectivity index (χ0n) is 5.82. The second kappa shape index (κ2) is 6.42. The fourth-order valence-corrected chi connectivity index (χ4v) is 0.728. The third-order valence-corrected chi connectivity index (χ3v) is 1.35. The first-order valence-electron chi connectivity index (χ1n) is 3.35. The minimum absolute atomic E-state index is 0.0161. The van der Waals surface area contributed by atoms with Crippen molar-refractivity contribution in [2.45, 2.75) is 19.3 Å². The lowest BCUT2D eigenvalue weighted by Crippen LogP contribution is -2.04. The van der Waals surface area contributed by atoms with Crippen LogP contribution in [0.2, 0.25) is 0 Å². The summed E-state index contributed by atoms with van der Waals surface area (Å²) in [6.45, 7) is 0.0161. The van der Waals surface area contributed by atoms with Gasteiger partial charge in [0, 0.05) is 18.9 Å². The second-order valence-electron chi connectivity index (χ2n) is 2.15. The van der Waals surface area contributed by atoms with E-state index in [0.717, 1.165) is 12.6 Å². The highest BCUT2D eigenvalue weighted by Crippen LogP contribution is 2.05.